The number of rotatable bonds is 8. The van der Waals surface area contributed by atoms with E-state index in [1.165, 1.54) is 27.3 Å². The Labute approximate surface area is 331 Å². The number of hydrogen-bond acceptors (Lipinski definition) is 4. The van der Waals surface area contributed by atoms with Crippen LogP contribution in [0.1, 0.15) is 34.0 Å². The molecule has 0 fully saturated rings. The van der Waals surface area contributed by atoms with E-state index in [1.807, 2.05) is 73.1 Å². The van der Waals surface area contributed by atoms with E-state index in [1.54, 1.807) is 0 Å². The zero-order chi connectivity index (χ0) is 38.1. The highest BCUT2D eigenvalue weighted by Gasteiger charge is 2.24. The summed E-state index contributed by atoms with van der Waals surface area (Å²) in [6.07, 6.45) is 5.66. The first-order chi connectivity index (χ1) is 28.2. The number of hydrogen-bond donors (Lipinski definition) is 3. The lowest BCUT2D eigenvalue weighted by Crippen LogP contribution is -2.27. The van der Waals surface area contributed by atoms with Crippen LogP contribution in [0.4, 0.5) is 0 Å². The normalized spacial score (nSPS) is 12.8. The predicted molar refractivity (Wildman–Crippen MR) is 236 cm³/mol. The van der Waals surface area contributed by atoms with Crippen LogP contribution in [0.3, 0.4) is 0 Å². The Kier molecular flexibility index (Phi) is 8.69. The van der Waals surface area contributed by atoms with Gasteiger partial charge in [0.25, 0.3) is 0 Å². The molecular formula is C51H38N6. The maximum atomic E-state index is 8.80. The maximum Gasteiger partial charge on any atom is 0.146 e. The number of nitrogens with zero attached hydrogens (tertiary/aromatic N) is 3. The molecule has 0 spiro atoms. The van der Waals surface area contributed by atoms with E-state index < -0.39 is 6.17 Å². The molecule has 8 aromatic carbocycles. The van der Waals surface area contributed by atoms with Gasteiger partial charge in [0.05, 0.1) is 11.0 Å². The van der Waals surface area contributed by atoms with Gasteiger partial charge >= 0.3 is 0 Å². The Morgan fingerprint density at radius 3 is 2.11 bits per heavy atom. The fraction of sp³-hybridized carbons (Fsp3) is 0.0392. The third-order valence-corrected chi connectivity index (χ3v) is 10.8. The van der Waals surface area contributed by atoms with Gasteiger partial charge in [0.1, 0.15) is 17.8 Å². The van der Waals surface area contributed by atoms with Gasteiger partial charge in [-0.2, -0.15) is 0 Å². The first-order valence-electron chi connectivity index (χ1n) is 19.2. The predicted octanol–water partition coefficient (Wildman–Crippen LogP) is 11.5. The fourth-order valence-electron chi connectivity index (χ4n) is 8.02. The van der Waals surface area contributed by atoms with Gasteiger partial charge in [0.15, 0.2) is 0 Å². The van der Waals surface area contributed by atoms with Gasteiger partial charge < -0.3 is 10.6 Å². The summed E-state index contributed by atoms with van der Waals surface area (Å²) in [5, 5.41) is 20.4. The molecule has 6 nitrogen and oxygen atoms in total. The summed E-state index contributed by atoms with van der Waals surface area (Å²) < 4.78 is 2.36. The molecule has 0 saturated carbocycles. The first kappa shape index (κ1) is 34.0. The van der Waals surface area contributed by atoms with Crippen molar-refractivity contribution < 1.29 is 0 Å². The molecule has 57 heavy (non-hydrogen) atoms. The molecule has 272 valence electrons. The molecule has 2 heterocycles. The highest BCUT2D eigenvalue weighted by Crippen LogP contribution is 2.41. The summed E-state index contributed by atoms with van der Waals surface area (Å²) in [6.45, 7) is 0.717. The van der Waals surface area contributed by atoms with Crippen LogP contribution in [0.15, 0.2) is 187 Å². The molecule has 1 aliphatic rings. The van der Waals surface area contributed by atoms with Crippen molar-refractivity contribution in [2.75, 3.05) is 0 Å². The molecule has 3 N–H and O–H groups in total. The third kappa shape index (κ3) is 6.33. The number of fused-ring (bicyclic) bond motifs is 7. The molecule has 0 bridgehead atoms. The van der Waals surface area contributed by atoms with Crippen molar-refractivity contribution in [3.8, 4) is 28.2 Å². The van der Waals surface area contributed by atoms with E-state index in [-0.39, 0.29) is 0 Å². The number of nitrogens with one attached hydrogen (secondary N) is 3. The number of imidazole rings is 1. The van der Waals surface area contributed by atoms with Crippen LogP contribution < -0.4 is 10.6 Å². The molecule has 1 unspecified atom stereocenters. The summed E-state index contributed by atoms with van der Waals surface area (Å²) >= 11 is 0. The minimum atomic E-state index is -0.442. The molecule has 10 rings (SSSR count). The van der Waals surface area contributed by atoms with Crippen molar-refractivity contribution in [2.45, 2.75) is 12.7 Å². The summed E-state index contributed by atoms with van der Waals surface area (Å²) in [7, 11) is 0. The number of aromatic nitrogens is 2. The molecule has 0 radical (unpaired) electrons. The molecule has 0 amide bonds. The quantitative estimate of drug-likeness (QED) is 0.107. The van der Waals surface area contributed by atoms with E-state index in [0.717, 1.165) is 61.3 Å². The van der Waals surface area contributed by atoms with Crippen LogP contribution in [-0.2, 0) is 6.54 Å². The Morgan fingerprint density at radius 1 is 0.684 bits per heavy atom. The highest BCUT2D eigenvalue weighted by molar-refractivity contribution is 6.12. The smallest absolute Gasteiger partial charge is 0.146 e. The summed E-state index contributed by atoms with van der Waals surface area (Å²) in [5.74, 6) is 1.24. The van der Waals surface area contributed by atoms with Crippen LogP contribution in [0.2, 0.25) is 0 Å². The van der Waals surface area contributed by atoms with E-state index >= 15 is 0 Å². The van der Waals surface area contributed by atoms with Gasteiger partial charge in [-0.05, 0) is 68.4 Å². The maximum absolute atomic E-state index is 8.80. The molecule has 1 aliphatic heterocycles. The summed E-state index contributed by atoms with van der Waals surface area (Å²) in [5.41, 5.74) is 11.7. The zero-order valence-corrected chi connectivity index (χ0v) is 31.1. The van der Waals surface area contributed by atoms with Crippen LogP contribution in [0, 0.1) is 5.41 Å². The highest BCUT2D eigenvalue weighted by atomic mass is 15.1. The van der Waals surface area contributed by atoms with Crippen molar-refractivity contribution in [3.05, 3.63) is 210 Å². The van der Waals surface area contributed by atoms with Crippen molar-refractivity contribution in [2.24, 2.45) is 4.99 Å². The molecule has 1 aromatic heterocycles. The second kappa shape index (κ2) is 14.6. The van der Waals surface area contributed by atoms with E-state index in [9.17, 15) is 0 Å². The minimum Gasteiger partial charge on any atom is -0.387 e. The zero-order valence-electron chi connectivity index (χ0n) is 31.1. The molecule has 1 atom stereocenters. The standard InChI is InChI=1S/C51H38N6/c52-49(38-15-5-2-6-16-38)56-50(54-32-34-12-3-1-4-13-34)39-24-22-35(23-25-39)36-26-28-40(29-27-36)57-48-46-33-53-31-30-43(46)42-19-9-10-20-44(42)47(48)55-51(57)45-21-11-17-37-14-7-8-18-41(37)45/h1-32,50,53H,33H2,(H2,52,56). The average Bonchev–Trinajstić information content (AvgIpc) is 3.69. The van der Waals surface area contributed by atoms with Crippen molar-refractivity contribution in [1.29, 1.82) is 5.41 Å². The topological polar surface area (TPSA) is 78.1 Å². The minimum absolute atomic E-state index is 0.321. The monoisotopic (exact) mass is 734 g/mol. The van der Waals surface area contributed by atoms with Gasteiger partial charge in [0, 0.05) is 40.5 Å². The van der Waals surface area contributed by atoms with Crippen LogP contribution in [-0.4, -0.2) is 21.6 Å². The average molecular weight is 735 g/mol. The third-order valence-electron chi connectivity index (χ3n) is 10.8. The Bertz CT molecular complexity index is 2980. The molecule has 9 aromatic rings. The summed E-state index contributed by atoms with van der Waals surface area (Å²) in [4.78, 5) is 10.4. The lowest BCUT2D eigenvalue weighted by atomic mass is 9.95. The Balaban J connectivity index is 1.05. The van der Waals surface area contributed by atoms with E-state index in [0.29, 0.717) is 12.4 Å². The fourth-order valence-corrected chi connectivity index (χ4v) is 8.02. The van der Waals surface area contributed by atoms with E-state index in [4.69, 9.17) is 15.4 Å². The first-order valence-corrected chi connectivity index (χ1v) is 19.2. The number of aliphatic imine (C=N–C) groups is 1. The van der Waals surface area contributed by atoms with Crippen molar-refractivity contribution >= 4 is 50.7 Å². The van der Waals surface area contributed by atoms with E-state index in [2.05, 4.69) is 137 Å². The lowest BCUT2D eigenvalue weighted by Gasteiger charge is -2.19. The molecular weight excluding hydrogens is 697 g/mol. The second-order valence-corrected chi connectivity index (χ2v) is 14.3. The number of benzene rings is 8. The van der Waals surface area contributed by atoms with Crippen LogP contribution >= 0.6 is 0 Å². The van der Waals surface area contributed by atoms with Crippen molar-refractivity contribution in [3.63, 3.8) is 0 Å². The van der Waals surface area contributed by atoms with Crippen LogP contribution in [0.25, 0.3) is 66.9 Å². The Morgan fingerprint density at radius 2 is 1.33 bits per heavy atom. The van der Waals surface area contributed by atoms with Crippen molar-refractivity contribution in [1.82, 2.24) is 20.2 Å². The SMILES string of the molecule is N=C(NC(N=Cc1ccccc1)c1ccc(-c2ccc(-n3c(-c4cccc5ccccc45)nc4c5ccccc5c5c(c43)CNC=C5)cc2)cc1)c1ccccc1. The van der Waals surface area contributed by atoms with Gasteiger partial charge in [-0.1, -0.05) is 164 Å². The Hall–Kier alpha value is -7.57. The second-order valence-electron chi connectivity index (χ2n) is 14.3. The van der Waals surface area contributed by atoms with Gasteiger partial charge in [-0.15, -0.1) is 0 Å². The van der Waals surface area contributed by atoms with Gasteiger partial charge in [-0.25, -0.2) is 4.98 Å². The van der Waals surface area contributed by atoms with Crippen LogP contribution in [0.5, 0.6) is 0 Å². The molecule has 6 heteroatoms. The summed E-state index contributed by atoms with van der Waals surface area (Å²) in [6, 6.07) is 60.7. The molecule has 0 saturated heterocycles. The number of amidine groups is 1. The van der Waals surface area contributed by atoms with Gasteiger partial charge in [0.2, 0.25) is 0 Å². The molecule has 0 aliphatic carbocycles. The largest absolute Gasteiger partial charge is 0.387 e. The lowest BCUT2D eigenvalue weighted by molar-refractivity contribution is 0.685. The van der Waals surface area contributed by atoms with Gasteiger partial charge in [-0.3, -0.25) is 15.0 Å².